The van der Waals surface area contributed by atoms with E-state index in [1.165, 1.54) is 0 Å². The molecule has 0 radical (unpaired) electrons. The molecule has 1 aliphatic rings. The maximum absolute atomic E-state index is 10.3. The molecule has 0 unspecified atom stereocenters. The van der Waals surface area contributed by atoms with Gasteiger partial charge in [0.2, 0.25) is 0 Å². The summed E-state index contributed by atoms with van der Waals surface area (Å²) in [5.74, 6) is -0.151. The number of hydrogen-bond acceptors (Lipinski definition) is 6. The SMILES string of the molecule is O=C(O)CCCON=Cc1cccc(OCC2OCCO2)c1. The van der Waals surface area contributed by atoms with Crippen molar-refractivity contribution in [2.45, 2.75) is 19.1 Å². The van der Waals surface area contributed by atoms with Gasteiger partial charge in [0.15, 0.2) is 6.29 Å². The predicted molar refractivity (Wildman–Crippen MR) is 78.0 cm³/mol. The summed E-state index contributed by atoms with van der Waals surface area (Å²) in [4.78, 5) is 15.3. The lowest BCUT2D eigenvalue weighted by Crippen LogP contribution is -2.18. The number of carboxylic acids is 1. The second-order valence-corrected chi connectivity index (χ2v) is 4.62. The van der Waals surface area contributed by atoms with Gasteiger partial charge in [-0.2, -0.15) is 0 Å². The monoisotopic (exact) mass is 309 g/mol. The van der Waals surface area contributed by atoms with Crippen molar-refractivity contribution >= 4 is 12.2 Å². The fourth-order valence-corrected chi connectivity index (χ4v) is 1.79. The van der Waals surface area contributed by atoms with E-state index in [1.807, 2.05) is 24.3 Å². The molecule has 0 aromatic heterocycles. The maximum atomic E-state index is 10.3. The number of benzene rings is 1. The Morgan fingerprint density at radius 2 is 2.23 bits per heavy atom. The van der Waals surface area contributed by atoms with E-state index in [0.29, 0.717) is 32.0 Å². The van der Waals surface area contributed by atoms with Gasteiger partial charge in [-0.3, -0.25) is 4.79 Å². The molecule has 2 rings (SSSR count). The molecule has 7 nitrogen and oxygen atoms in total. The normalized spacial score (nSPS) is 15.3. The van der Waals surface area contributed by atoms with E-state index in [9.17, 15) is 4.79 Å². The van der Waals surface area contributed by atoms with E-state index in [4.69, 9.17) is 24.2 Å². The largest absolute Gasteiger partial charge is 0.488 e. The van der Waals surface area contributed by atoms with Crippen molar-refractivity contribution in [1.29, 1.82) is 0 Å². The molecule has 0 spiro atoms. The summed E-state index contributed by atoms with van der Waals surface area (Å²) in [6, 6.07) is 7.36. The third-order valence-electron chi connectivity index (χ3n) is 2.84. The zero-order chi connectivity index (χ0) is 15.6. The summed E-state index contributed by atoms with van der Waals surface area (Å²) in [5.41, 5.74) is 0.823. The van der Waals surface area contributed by atoms with E-state index in [-0.39, 0.29) is 19.3 Å². The molecule has 0 atom stereocenters. The van der Waals surface area contributed by atoms with Gasteiger partial charge in [0.1, 0.15) is 19.0 Å². The Morgan fingerprint density at radius 3 is 3.00 bits per heavy atom. The van der Waals surface area contributed by atoms with Crippen molar-refractivity contribution in [3.05, 3.63) is 29.8 Å². The van der Waals surface area contributed by atoms with Gasteiger partial charge in [0, 0.05) is 6.42 Å². The minimum atomic E-state index is -0.840. The van der Waals surface area contributed by atoms with Crippen LogP contribution in [0.3, 0.4) is 0 Å². The summed E-state index contributed by atoms with van der Waals surface area (Å²) in [6.45, 7) is 1.81. The molecular weight excluding hydrogens is 290 g/mol. The third kappa shape index (κ3) is 6.11. The minimum absolute atomic E-state index is 0.0736. The lowest BCUT2D eigenvalue weighted by Gasteiger charge is -2.11. The molecule has 120 valence electrons. The van der Waals surface area contributed by atoms with Gasteiger partial charge in [-0.15, -0.1) is 0 Å². The average Bonchev–Trinajstić information content (AvgIpc) is 3.02. The molecule has 0 aliphatic carbocycles. The van der Waals surface area contributed by atoms with Gasteiger partial charge in [0.25, 0.3) is 0 Å². The smallest absolute Gasteiger partial charge is 0.303 e. The van der Waals surface area contributed by atoms with Crippen LogP contribution in [-0.2, 0) is 19.1 Å². The van der Waals surface area contributed by atoms with Crippen LogP contribution in [0.1, 0.15) is 18.4 Å². The minimum Gasteiger partial charge on any atom is -0.488 e. The third-order valence-corrected chi connectivity index (χ3v) is 2.84. The van der Waals surface area contributed by atoms with Crippen LogP contribution >= 0.6 is 0 Å². The Kier molecular flexibility index (Phi) is 6.66. The van der Waals surface area contributed by atoms with Crippen molar-refractivity contribution in [2.24, 2.45) is 5.16 Å². The first-order valence-electron chi connectivity index (χ1n) is 7.07. The number of carboxylic acid groups (broad SMARTS) is 1. The first-order valence-corrected chi connectivity index (χ1v) is 7.07. The fourth-order valence-electron chi connectivity index (χ4n) is 1.79. The van der Waals surface area contributed by atoms with Crippen molar-refractivity contribution in [2.75, 3.05) is 26.4 Å². The molecular formula is C15H19NO6. The molecule has 1 aromatic rings. The average molecular weight is 309 g/mol. The van der Waals surface area contributed by atoms with Gasteiger partial charge in [-0.05, 0) is 24.1 Å². The second kappa shape index (κ2) is 9.01. The van der Waals surface area contributed by atoms with Gasteiger partial charge >= 0.3 is 5.97 Å². The highest BCUT2D eigenvalue weighted by Gasteiger charge is 2.16. The van der Waals surface area contributed by atoms with Gasteiger partial charge in [0.05, 0.1) is 19.4 Å². The van der Waals surface area contributed by atoms with Crippen molar-refractivity contribution in [1.82, 2.24) is 0 Å². The molecule has 22 heavy (non-hydrogen) atoms. The molecule has 1 fully saturated rings. The van der Waals surface area contributed by atoms with Crippen molar-refractivity contribution in [3.8, 4) is 5.75 Å². The summed E-state index contributed by atoms with van der Waals surface area (Å²) < 4.78 is 16.2. The molecule has 1 aliphatic heterocycles. The van der Waals surface area contributed by atoms with Crippen LogP contribution in [0, 0.1) is 0 Å². The van der Waals surface area contributed by atoms with Gasteiger partial charge < -0.3 is 24.2 Å². The number of carbonyl (C=O) groups is 1. The highest BCUT2D eigenvalue weighted by atomic mass is 16.7. The van der Waals surface area contributed by atoms with Crippen LogP contribution in [0.2, 0.25) is 0 Å². The molecule has 0 bridgehead atoms. The number of nitrogens with zero attached hydrogens (tertiary/aromatic N) is 1. The molecule has 1 N–H and O–H groups in total. The zero-order valence-corrected chi connectivity index (χ0v) is 12.1. The van der Waals surface area contributed by atoms with Crippen LogP contribution in [-0.4, -0.2) is 50.0 Å². The first-order chi connectivity index (χ1) is 10.7. The number of oxime groups is 1. The van der Waals surface area contributed by atoms with Crippen LogP contribution in [0.5, 0.6) is 5.75 Å². The van der Waals surface area contributed by atoms with Crippen LogP contribution in [0.4, 0.5) is 0 Å². The Hall–Kier alpha value is -2.12. The summed E-state index contributed by atoms with van der Waals surface area (Å²) >= 11 is 0. The Morgan fingerprint density at radius 1 is 1.41 bits per heavy atom. The van der Waals surface area contributed by atoms with E-state index in [2.05, 4.69) is 5.16 Å². The van der Waals surface area contributed by atoms with Crippen LogP contribution < -0.4 is 4.74 Å². The number of ether oxygens (including phenoxy) is 3. The molecule has 1 aromatic carbocycles. The van der Waals surface area contributed by atoms with E-state index >= 15 is 0 Å². The summed E-state index contributed by atoms with van der Waals surface area (Å²) in [5, 5.41) is 12.3. The highest BCUT2D eigenvalue weighted by Crippen LogP contribution is 2.14. The fraction of sp³-hybridized carbons (Fsp3) is 0.467. The van der Waals surface area contributed by atoms with Gasteiger partial charge in [-0.1, -0.05) is 17.3 Å². The van der Waals surface area contributed by atoms with Crippen molar-refractivity contribution < 1.29 is 28.9 Å². The number of aliphatic carboxylic acids is 1. The van der Waals surface area contributed by atoms with E-state index in [1.54, 1.807) is 6.21 Å². The quantitative estimate of drug-likeness (QED) is 0.424. The predicted octanol–water partition coefficient (Wildman–Crippen LogP) is 1.65. The molecule has 1 heterocycles. The summed E-state index contributed by atoms with van der Waals surface area (Å²) in [7, 11) is 0. The molecule has 7 heteroatoms. The van der Waals surface area contributed by atoms with E-state index < -0.39 is 5.97 Å². The second-order valence-electron chi connectivity index (χ2n) is 4.62. The Bertz CT molecular complexity index is 499. The standard InChI is InChI=1S/C15H19NO6/c17-14(18)5-2-6-22-16-10-12-3-1-4-13(9-12)21-11-15-19-7-8-20-15/h1,3-4,9-10,15H,2,5-8,11H2,(H,17,18). The lowest BCUT2D eigenvalue weighted by atomic mass is 10.2. The number of hydrogen-bond donors (Lipinski definition) is 1. The zero-order valence-electron chi connectivity index (χ0n) is 12.1. The summed E-state index contributed by atoms with van der Waals surface area (Å²) in [6.07, 6.45) is 1.74. The molecule has 1 saturated heterocycles. The van der Waals surface area contributed by atoms with Crippen LogP contribution in [0.25, 0.3) is 0 Å². The Labute approximate surface area is 128 Å². The molecule has 0 amide bonds. The highest BCUT2D eigenvalue weighted by molar-refractivity contribution is 5.79. The topological polar surface area (TPSA) is 86.6 Å². The molecule has 0 saturated carbocycles. The van der Waals surface area contributed by atoms with Crippen molar-refractivity contribution in [3.63, 3.8) is 0 Å². The maximum Gasteiger partial charge on any atom is 0.303 e. The number of rotatable bonds is 9. The van der Waals surface area contributed by atoms with Crippen LogP contribution in [0.15, 0.2) is 29.4 Å². The first kappa shape index (κ1) is 16.3. The Balaban J connectivity index is 1.71. The van der Waals surface area contributed by atoms with Gasteiger partial charge in [-0.25, -0.2) is 0 Å². The lowest BCUT2D eigenvalue weighted by molar-refractivity contribution is -0.137. The van der Waals surface area contributed by atoms with E-state index in [0.717, 1.165) is 5.56 Å².